The van der Waals surface area contributed by atoms with Gasteiger partial charge < -0.3 is 4.90 Å². The lowest BCUT2D eigenvalue weighted by Gasteiger charge is -2.34. The molecule has 2 heterocycles. The fourth-order valence-corrected chi connectivity index (χ4v) is 5.27. The van der Waals surface area contributed by atoms with Crippen LogP contribution in [0.15, 0.2) is 53.4 Å². The van der Waals surface area contributed by atoms with Crippen molar-refractivity contribution in [2.75, 3.05) is 12.8 Å². The molecule has 0 radical (unpaired) electrons. The van der Waals surface area contributed by atoms with Crippen LogP contribution in [0.4, 0.5) is 0 Å². The molecule has 0 unspecified atom stereocenters. The van der Waals surface area contributed by atoms with Crippen molar-refractivity contribution < 1.29 is 13.2 Å². The fourth-order valence-electron chi connectivity index (χ4n) is 3.49. The summed E-state index contributed by atoms with van der Waals surface area (Å²) in [5.41, 5.74) is 1.36. The molecule has 27 heavy (non-hydrogen) atoms. The Balaban J connectivity index is 1.69. The van der Waals surface area contributed by atoms with Crippen LogP contribution >= 0.6 is 11.3 Å². The van der Waals surface area contributed by atoms with Crippen molar-refractivity contribution in [2.45, 2.75) is 30.2 Å². The number of aromatic nitrogens is 1. The summed E-state index contributed by atoms with van der Waals surface area (Å²) in [6, 6.07) is 14.2. The molecule has 1 aliphatic heterocycles. The third kappa shape index (κ3) is 3.61. The number of sulfone groups is 1. The van der Waals surface area contributed by atoms with Gasteiger partial charge in [-0.25, -0.2) is 13.4 Å². The van der Waals surface area contributed by atoms with Crippen LogP contribution in [0.3, 0.4) is 0 Å². The van der Waals surface area contributed by atoms with Gasteiger partial charge in [0.1, 0.15) is 5.01 Å². The molecule has 0 bridgehead atoms. The molecule has 1 saturated heterocycles. The predicted molar refractivity (Wildman–Crippen MR) is 107 cm³/mol. The molecule has 1 atom stereocenters. The lowest BCUT2D eigenvalue weighted by atomic mass is 10.0. The van der Waals surface area contributed by atoms with E-state index in [-0.39, 0.29) is 16.8 Å². The number of piperidine rings is 1. The van der Waals surface area contributed by atoms with Crippen molar-refractivity contribution in [1.29, 1.82) is 0 Å². The van der Waals surface area contributed by atoms with E-state index in [9.17, 15) is 13.2 Å². The van der Waals surface area contributed by atoms with Crippen molar-refractivity contribution in [3.63, 3.8) is 0 Å². The molecular weight excluding hydrogens is 380 g/mol. The van der Waals surface area contributed by atoms with Crippen LogP contribution in [0.25, 0.3) is 10.2 Å². The molecule has 1 fully saturated rings. The third-order valence-electron chi connectivity index (χ3n) is 4.87. The van der Waals surface area contributed by atoms with Crippen molar-refractivity contribution in [3.8, 4) is 0 Å². The third-order valence-corrected chi connectivity index (χ3v) is 7.12. The molecule has 4 rings (SSSR count). The van der Waals surface area contributed by atoms with Gasteiger partial charge in [-0.15, -0.1) is 11.3 Å². The molecule has 1 aliphatic rings. The van der Waals surface area contributed by atoms with E-state index in [0.29, 0.717) is 12.1 Å². The Kier molecular flexibility index (Phi) is 4.74. The Morgan fingerprint density at radius 2 is 1.96 bits per heavy atom. The molecule has 2 aromatic carbocycles. The number of para-hydroxylation sites is 1. The van der Waals surface area contributed by atoms with Gasteiger partial charge in [0.25, 0.3) is 5.91 Å². The Morgan fingerprint density at radius 3 is 2.74 bits per heavy atom. The van der Waals surface area contributed by atoms with Crippen LogP contribution in [0, 0.1) is 0 Å². The maximum absolute atomic E-state index is 13.2. The quantitative estimate of drug-likeness (QED) is 0.665. The minimum atomic E-state index is -3.35. The van der Waals surface area contributed by atoms with E-state index in [4.69, 9.17) is 4.98 Å². The first-order valence-corrected chi connectivity index (χ1v) is 11.6. The number of likely N-dealkylation sites (tertiary alicyclic amines) is 1. The largest absolute Gasteiger partial charge is 0.329 e. The van der Waals surface area contributed by atoms with Gasteiger partial charge in [-0.3, -0.25) is 4.79 Å². The summed E-state index contributed by atoms with van der Waals surface area (Å²) < 4.78 is 24.8. The average Bonchev–Trinajstić information content (AvgIpc) is 3.11. The monoisotopic (exact) mass is 400 g/mol. The molecule has 0 spiro atoms. The Hall–Kier alpha value is -2.25. The summed E-state index contributed by atoms with van der Waals surface area (Å²) >= 11 is 1.63. The standard InChI is InChI=1S/C20H20N2O3S2/c1-27(24,25)15-8-6-7-14(13-15)20(23)22-12-5-4-10-17(22)19-21-16-9-2-3-11-18(16)26-19/h2-3,6-9,11,13,17H,4-5,10,12H2,1H3/t17-/m1/s1. The Labute approximate surface area is 162 Å². The highest BCUT2D eigenvalue weighted by molar-refractivity contribution is 7.90. The van der Waals surface area contributed by atoms with Crippen LogP contribution in [0.1, 0.15) is 40.7 Å². The molecule has 3 aromatic rings. The van der Waals surface area contributed by atoms with Gasteiger partial charge in [-0.1, -0.05) is 18.2 Å². The molecule has 7 heteroatoms. The Bertz CT molecular complexity index is 1070. The summed E-state index contributed by atoms with van der Waals surface area (Å²) in [6.07, 6.45) is 4.02. The van der Waals surface area contributed by atoms with Crippen molar-refractivity contribution in [1.82, 2.24) is 9.88 Å². The molecular formula is C20H20N2O3S2. The van der Waals surface area contributed by atoms with E-state index in [1.54, 1.807) is 23.5 Å². The van der Waals surface area contributed by atoms with Crippen molar-refractivity contribution >= 4 is 37.3 Å². The normalized spacial score (nSPS) is 18.0. The molecule has 0 aliphatic carbocycles. The summed E-state index contributed by atoms with van der Waals surface area (Å²) in [6.45, 7) is 0.655. The molecule has 5 nitrogen and oxygen atoms in total. The zero-order valence-corrected chi connectivity index (χ0v) is 16.6. The highest BCUT2D eigenvalue weighted by atomic mass is 32.2. The summed E-state index contributed by atoms with van der Waals surface area (Å²) in [5, 5.41) is 0.948. The van der Waals surface area contributed by atoms with Crippen LogP contribution in [0.2, 0.25) is 0 Å². The molecule has 140 valence electrons. The van der Waals surface area contributed by atoms with Gasteiger partial charge in [0.05, 0.1) is 21.2 Å². The van der Waals surface area contributed by atoms with Gasteiger partial charge in [0, 0.05) is 18.4 Å². The van der Waals surface area contributed by atoms with E-state index in [1.807, 2.05) is 29.2 Å². The number of hydrogen-bond donors (Lipinski definition) is 0. The van der Waals surface area contributed by atoms with E-state index >= 15 is 0 Å². The summed E-state index contributed by atoms with van der Waals surface area (Å²) in [4.78, 5) is 20.0. The average molecular weight is 401 g/mol. The number of carbonyl (C=O) groups excluding carboxylic acids is 1. The summed E-state index contributed by atoms with van der Waals surface area (Å²) in [5.74, 6) is -0.135. The van der Waals surface area contributed by atoms with Crippen molar-refractivity contribution in [2.24, 2.45) is 0 Å². The topological polar surface area (TPSA) is 67.3 Å². The second kappa shape index (κ2) is 7.05. The van der Waals surface area contributed by atoms with Crippen LogP contribution in [0.5, 0.6) is 0 Å². The maximum Gasteiger partial charge on any atom is 0.254 e. The van der Waals surface area contributed by atoms with Crippen LogP contribution in [-0.4, -0.2) is 37.0 Å². The number of rotatable bonds is 3. The van der Waals surface area contributed by atoms with Gasteiger partial charge in [-0.2, -0.15) is 0 Å². The number of thiazole rings is 1. The minimum absolute atomic E-state index is 0.0643. The zero-order chi connectivity index (χ0) is 19.0. The van der Waals surface area contributed by atoms with Gasteiger partial charge >= 0.3 is 0 Å². The number of hydrogen-bond acceptors (Lipinski definition) is 5. The number of fused-ring (bicyclic) bond motifs is 1. The van der Waals surface area contributed by atoms with Crippen LogP contribution < -0.4 is 0 Å². The second-order valence-electron chi connectivity index (χ2n) is 6.83. The lowest BCUT2D eigenvalue weighted by molar-refractivity contribution is 0.0611. The van der Waals surface area contributed by atoms with E-state index < -0.39 is 9.84 Å². The number of nitrogens with zero attached hydrogens (tertiary/aromatic N) is 2. The Morgan fingerprint density at radius 1 is 1.15 bits per heavy atom. The van der Waals surface area contributed by atoms with Gasteiger partial charge in [0.2, 0.25) is 0 Å². The lowest BCUT2D eigenvalue weighted by Crippen LogP contribution is -2.38. The molecule has 1 amide bonds. The minimum Gasteiger partial charge on any atom is -0.329 e. The highest BCUT2D eigenvalue weighted by Crippen LogP contribution is 2.36. The predicted octanol–water partition coefficient (Wildman–Crippen LogP) is 4.07. The first kappa shape index (κ1) is 18.1. The smallest absolute Gasteiger partial charge is 0.254 e. The SMILES string of the molecule is CS(=O)(=O)c1cccc(C(=O)N2CCCC[C@@H]2c2nc3ccccc3s2)c1. The first-order valence-electron chi connectivity index (χ1n) is 8.90. The zero-order valence-electron chi connectivity index (χ0n) is 15.0. The maximum atomic E-state index is 13.2. The second-order valence-corrected chi connectivity index (χ2v) is 9.91. The van der Waals surface area contributed by atoms with E-state index in [1.165, 1.54) is 12.1 Å². The van der Waals surface area contributed by atoms with Gasteiger partial charge in [0.15, 0.2) is 9.84 Å². The molecule has 0 saturated carbocycles. The number of amides is 1. The fraction of sp³-hybridized carbons (Fsp3) is 0.300. The number of carbonyl (C=O) groups is 1. The highest BCUT2D eigenvalue weighted by Gasteiger charge is 2.31. The number of benzene rings is 2. The van der Waals surface area contributed by atoms with Gasteiger partial charge in [-0.05, 0) is 49.6 Å². The summed E-state index contributed by atoms with van der Waals surface area (Å²) in [7, 11) is -3.35. The van der Waals surface area contributed by atoms with E-state index in [0.717, 1.165) is 40.7 Å². The van der Waals surface area contributed by atoms with Crippen molar-refractivity contribution in [3.05, 3.63) is 59.1 Å². The molecule has 0 N–H and O–H groups in total. The first-order chi connectivity index (χ1) is 12.9. The van der Waals surface area contributed by atoms with E-state index in [2.05, 4.69) is 0 Å². The molecule has 1 aromatic heterocycles. The van der Waals surface area contributed by atoms with Crippen LogP contribution in [-0.2, 0) is 9.84 Å².